The molecule has 0 aliphatic carbocycles. The van der Waals surface area contributed by atoms with Crippen LogP contribution in [0.1, 0.15) is 23.6 Å². The molecule has 1 aliphatic heterocycles. The third-order valence-corrected chi connectivity index (χ3v) is 3.40. The number of hydrogen-bond acceptors (Lipinski definition) is 4. The second kappa shape index (κ2) is 5.92. The molecule has 2 heterocycles. The van der Waals surface area contributed by atoms with Gasteiger partial charge in [-0.05, 0) is 41.8 Å². The van der Waals surface area contributed by atoms with Crippen LogP contribution in [0, 0.1) is 0 Å². The highest BCUT2D eigenvalue weighted by Crippen LogP contribution is 2.32. The van der Waals surface area contributed by atoms with Crippen LogP contribution in [0.5, 0.6) is 11.5 Å². The maximum absolute atomic E-state index is 6.28. The summed E-state index contributed by atoms with van der Waals surface area (Å²) >= 11 is 0. The largest absolute Gasteiger partial charge is 0.490 e. The zero-order valence-corrected chi connectivity index (χ0v) is 11.3. The molecule has 0 spiro atoms. The van der Waals surface area contributed by atoms with Crippen molar-refractivity contribution in [1.82, 2.24) is 4.98 Å². The number of ether oxygens (including phenoxy) is 2. The predicted octanol–water partition coefficient (Wildman–Crippen LogP) is 2.49. The summed E-state index contributed by atoms with van der Waals surface area (Å²) < 4.78 is 11.3. The SMILES string of the molecule is NC(Cc1ccncc1)c1ccc2c(c1)OCCCO2. The first kappa shape index (κ1) is 12.9. The zero-order valence-electron chi connectivity index (χ0n) is 11.3. The molecule has 104 valence electrons. The van der Waals surface area contributed by atoms with E-state index in [0.717, 1.165) is 29.9 Å². The van der Waals surface area contributed by atoms with Gasteiger partial charge in [-0.1, -0.05) is 6.07 Å². The standard InChI is InChI=1S/C16H18N2O2/c17-14(10-12-4-6-18-7-5-12)13-2-3-15-16(11-13)20-9-1-8-19-15/h2-7,11,14H,1,8-10,17H2. The van der Waals surface area contributed by atoms with Crippen LogP contribution >= 0.6 is 0 Å². The van der Waals surface area contributed by atoms with E-state index in [-0.39, 0.29) is 6.04 Å². The first-order valence-corrected chi connectivity index (χ1v) is 6.87. The lowest BCUT2D eigenvalue weighted by atomic mass is 10.00. The first-order valence-electron chi connectivity index (χ1n) is 6.87. The molecule has 1 aromatic carbocycles. The molecule has 3 rings (SSSR count). The van der Waals surface area contributed by atoms with Crippen LogP contribution in [0.25, 0.3) is 0 Å². The summed E-state index contributed by atoms with van der Waals surface area (Å²) in [7, 11) is 0. The molecule has 1 atom stereocenters. The monoisotopic (exact) mass is 270 g/mol. The number of benzene rings is 1. The highest BCUT2D eigenvalue weighted by atomic mass is 16.5. The Morgan fingerprint density at radius 2 is 1.80 bits per heavy atom. The summed E-state index contributed by atoms with van der Waals surface area (Å²) in [6, 6.07) is 9.87. The second-order valence-electron chi connectivity index (χ2n) is 4.92. The van der Waals surface area contributed by atoms with E-state index >= 15 is 0 Å². The molecule has 1 aromatic heterocycles. The van der Waals surface area contributed by atoms with Crippen molar-refractivity contribution in [3.05, 3.63) is 53.9 Å². The number of aromatic nitrogens is 1. The molecule has 20 heavy (non-hydrogen) atoms. The molecule has 2 N–H and O–H groups in total. The van der Waals surface area contributed by atoms with Crippen molar-refractivity contribution in [2.45, 2.75) is 18.9 Å². The number of nitrogens with two attached hydrogens (primary N) is 1. The van der Waals surface area contributed by atoms with E-state index in [1.54, 1.807) is 12.4 Å². The number of nitrogens with zero attached hydrogens (tertiary/aromatic N) is 1. The highest BCUT2D eigenvalue weighted by molar-refractivity contribution is 5.44. The Morgan fingerprint density at radius 3 is 2.60 bits per heavy atom. The minimum Gasteiger partial charge on any atom is -0.490 e. The van der Waals surface area contributed by atoms with Crippen LogP contribution in [0.2, 0.25) is 0 Å². The molecule has 0 saturated carbocycles. The van der Waals surface area contributed by atoms with Crippen LogP contribution < -0.4 is 15.2 Å². The maximum Gasteiger partial charge on any atom is 0.161 e. The molecule has 1 aliphatic rings. The second-order valence-corrected chi connectivity index (χ2v) is 4.92. The summed E-state index contributed by atoms with van der Waals surface area (Å²) in [5, 5.41) is 0. The Bertz CT molecular complexity index is 572. The van der Waals surface area contributed by atoms with Gasteiger partial charge in [-0.2, -0.15) is 0 Å². The van der Waals surface area contributed by atoms with E-state index in [1.165, 1.54) is 5.56 Å². The van der Waals surface area contributed by atoms with Gasteiger partial charge in [0.15, 0.2) is 11.5 Å². The minimum atomic E-state index is -0.0606. The zero-order chi connectivity index (χ0) is 13.8. The molecule has 1 unspecified atom stereocenters. The molecule has 0 amide bonds. The predicted molar refractivity (Wildman–Crippen MR) is 76.9 cm³/mol. The topological polar surface area (TPSA) is 57.4 Å². The quantitative estimate of drug-likeness (QED) is 0.931. The first-order chi connectivity index (χ1) is 9.83. The van der Waals surface area contributed by atoms with Crippen LogP contribution in [0.3, 0.4) is 0 Å². The van der Waals surface area contributed by atoms with Crippen LogP contribution in [-0.2, 0) is 6.42 Å². The number of rotatable bonds is 3. The molecule has 4 heteroatoms. The van der Waals surface area contributed by atoms with E-state index in [2.05, 4.69) is 4.98 Å². The highest BCUT2D eigenvalue weighted by Gasteiger charge is 2.14. The number of hydrogen-bond donors (Lipinski definition) is 1. The third kappa shape index (κ3) is 2.91. The van der Waals surface area contributed by atoms with Gasteiger partial charge >= 0.3 is 0 Å². The van der Waals surface area contributed by atoms with Crippen molar-refractivity contribution in [3.8, 4) is 11.5 Å². The van der Waals surface area contributed by atoms with E-state index < -0.39 is 0 Å². The van der Waals surface area contributed by atoms with Crippen LogP contribution in [0.4, 0.5) is 0 Å². The van der Waals surface area contributed by atoms with Gasteiger partial charge in [-0.15, -0.1) is 0 Å². The Hall–Kier alpha value is -2.07. The summed E-state index contributed by atoms with van der Waals surface area (Å²) in [6.07, 6.45) is 5.27. The maximum atomic E-state index is 6.28. The molecule has 0 radical (unpaired) electrons. The summed E-state index contributed by atoms with van der Waals surface area (Å²) in [6.45, 7) is 1.39. The smallest absolute Gasteiger partial charge is 0.161 e. The Labute approximate surface area is 118 Å². The summed E-state index contributed by atoms with van der Waals surface area (Å²) in [5.41, 5.74) is 8.52. The van der Waals surface area contributed by atoms with Gasteiger partial charge in [0.1, 0.15) is 0 Å². The van der Waals surface area contributed by atoms with Gasteiger partial charge in [0.25, 0.3) is 0 Å². The van der Waals surface area contributed by atoms with E-state index in [0.29, 0.717) is 13.2 Å². The lowest BCUT2D eigenvalue weighted by molar-refractivity contribution is 0.297. The van der Waals surface area contributed by atoms with Gasteiger partial charge < -0.3 is 15.2 Å². The van der Waals surface area contributed by atoms with Crippen molar-refractivity contribution in [3.63, 3.8) is 0 Å². The fourth-order valence-electron chi connectivity index (χ4n) is 2.30. The summed E-state index contributed by atoms with van der Waals surface area (Å²) in [4.78, 5) is 4.02. The van der Waals surface area contributed by atoms with Gasteiger partial charge in [-0.25, -0.2) is 0 Å². The fourth-order valence-corrected chi connectivity index (χ4v) is 2.30. The Morgan fingerprint density at radius 1 is 1.05 bits per heavy atom. The molecule has 0 fully saturated rings. The normalized spacial score (nSPS) is 15.4. The average molecular weight is 270 g/mol. The van der Waals surface area contributed by atoms with Crippen molar-refractivity contribution < 1.29 is 9.47 Å². The average Bonchev–Trinajstić information content (AvgIpc) is 2.72. The van der Waals surface area contributed by atoms with Crippen molar-refractivity contribution >= 4 is 0 Å². The van der Waals surface area contributed by atoms with E-state index in [9.17, 15) is 0 Å². The van der Waals surface area contributed by atoms with Gasteiger partial charge in [-0.3, -0.25) is 4.98 Å². The molecular formula is C16H18N2O2. The van der Waals surface area contributed by atoms with E-state index in [1.807, 2.05) is 30.3 Å². The van der Waals surface area contributed by atoms with Crippen molar-refractivity contribution in [2.75, 3.05) is 13.2 Å². The number of pyridine rings is 1. The minimum absolute atomic E-state index is 0.0606. The summed E-state index contributed by atoms with van der Waals surface area (Å²) in [5.74, 6) is 1.60. The van der Waals surface area contributed by atoms with Crippen molar-refractivity contribution in [1.29, 1.82) is 0 Å². The number of fused-ring (bicyclic) bond motifs is 1. The van der Waals surface area contributed by atoms with Crippen LogP contribution in [0.15, 0.2) is 42.7 Å². The van der Waals surface area contributed by atoms with Gasteiger partial charge in [0.2, 0.25) is 0 Å². The van der Waals surface area contributed by atoms with E-state index in [4.69, 9.17) is 15.2 Å². The fraction of sp³-hybridized carbons (Fsp3) is 0.312. The van der Waals surface area contributed by atoms with Gasteiger partial charge in [0, 0.05) is 24.9 Å². The molecule has 0 bridgehead atoms. The molecule has 2 aromatic rings. The molecule has 4 nitrogen and oxygen atoms in total. The Balaban J connectivity index is 1.78. The molecular weight excluding hydrogens is 252 g/mol. The van der Waals surface area contributed by atoms with Gasteiger partial charge in [0.05, 0.1) is 13.2 Å². The lowest BCUT2D eigenvalue weighted by Gasteiger charge is -2.15. The Kier molecular flexibility index (Phi) is 3.83. The molecule has 0 saturated heterocycles. The lowest BCUT2D eigenvalue weighted by Crippen LogP contribution is -2.13. The van der Waals surface area contributed by atoms with Crippen LogP contribution in [-0.4, -0.2) is 18.2 Å². The third-order valence-electron chi connectivity index (χ3n) is 3.40. The van der Waals surface area contributed by atoms with Crippen molar-refractivity contribution in [2.24, 2.45) is 5.73 Å².